The van der Waals surface area contributed by atoms with Crippen molar-refractivity contribution in [1.29, 1.82) is 0 Å². The molecular weight excluding hydrogens is 485 g/mol. The first kappa shape index (κ1) is 25.7. The van der Waals surface area contributed by atoms with E-state index in [9.17, 15) is 18.0 Å². The zero-order valence-electron chi connectivity index (χ0n) is 21.3. The summed E-state index contributed by atoms with van der Waals surface area (Å²) < 4.78 is 42.7. The minimum atomic E-state index is -4.59. The summed E-state index contributed by atoms with van der Waals surface area (Å²) in [6.45, 7) is 2.50. The number of aryl methyl sites for hydroxylation is 1. The van der Waals surface area contributed by atoms with Gasteiger partial charge in [0, 0.05) is 43.5 Å². The number of alkyl halides is 3. The second kappa shape index (κ2) is 10.5. The van der Waals surface area contributed by atoms with E-state index in [1.54, 1.807) is 0 Å². The number of anilines is 3. The van der Waals surface area contributed by atoms with Crippen LogP contribution in [-0.2, 0) is 11.0 Å². The van der Waals surface area contributed by atoms with Gasteiger partial charge in [-0.3, -0.25) is 9.48 Å². The molecule has 2 bridgehead atoms. The molecule has 12 heteroatoms. The molecule has 3 fully saturated rings. The first-order valence-electron chi connectivity index (χ1n) is 13.2. The van der Waals surface area contributed by atoms with Crippen molar-refractivity contribution in [2.45, 2.75) is 82.6 Å². The highest BCUT2D eigenvalue weighted by Crippen LogP contribution is 2.40. The lowest BCUT2D eigenvalue weighted by Crippen LogP contribution is -2.40. The Hall–Kier alpha value is -2.89. The van der Waals surface area contributed by atoms with Crippen LogP contribution >= 0.6 is 0 Å². The van der Waals surface area contributed by atoms with Crippen LogP contribution in [0.1, 0.15) is 68.7 Å². The number of piperidine rings is 1. The van der Waals surface area contributed by atoms with Gasteiger partial charge in [-0.05, 0) is 58.9 Å². The fourth-order valence-corrected chi connectivity index (χ4v) is 5.62. The number of halogens is 3. The summed E-state index contributed by atoms with van der Waals surface area (Å²) in [4.78, 5) is 22.5. The Balaban J connectivity index is 1.22. The maximum Gasteiger partial charge on any atom is 0.421 e. The molecule has 1 aliphatic carbocycles. The van der Waals surface area contributed by atoms with E-state index < -0.39 is 11.7 Å². The van der Waals surface area contributed by atoms with Crippen molar-refractivity contribution < 1.29 is 18.0 Å². The molecule has 2 atom stereocenters. The predicted molar refractivity (Wildman–Crippen MR) is 134 cm³/mol. The third-order valence-electron chi connectivity index (χ3n) is 8.13. The normalized spacial score (nSPS) is 24.1. The molecule has 37 heavy (non-hydrogen) atoms. The molecule has 3 N–H and O–H groups in total. The molecular formula is C25H35F3N8O. The molecule has 2 aliphatic heterocycles. The lowest BCUT2D eigenvalue weighted by molar-refractivity contribution is -0.137. The molecule has 5 rings (SSSR count). The minimum absolute atomic E-state index is 0.0274. The first-order valence-corrected chi connectivity index (χ1v) is 13.2. The van der Waals surface area contributed by atoms with Gasteiger partial charge in [0.25, 0.3) is 0 Å². The molecule has 0 radical (unpaired) electrons. The molecule has 1 amide bonds. The number of nitrogens with one attached hydrogen (secondary N) is 3. The molecule has 9 nitrogen and oxygen atoms in total. The number of aromatic nitrogens is 4. The third-order valence-corrected chi connectivity index (χ3v) is 8.13. The number of fused-ring (bicyclic) bond motifs is 2. The molecule has 2 saturated heterocycles. The lowest BCUT2D eigenvalue weighted by Gasteiger charge is -2.36. The van der Waals surface area contributed by atoms with E-state index in [1.807, 2.05) is 17.8 Å². The van der Waals surface area contributed by atoms with Gasteiger partial charge < -0.3 is 20.9 Å². The Morgan fingerprint density at radius 3 is 2.49 bits per heavy atom. The van der Waals surface area contributed by atoms with Crippen LogP contribution in [0.5, 0.6) is 0 Å². The van der Waals surface area contributed by atoms with Gasteiger partial charge in [-0.15, -0.1) is 0 Å². The van der Waals surface area contributed by atoms with E-state index in [-0.39, 0.29) is 30.1 Å². The van der Waals surface area contributed by atoms with Crippen molar-refractivity contribution in [3.8, 4) is 0 Å². The quantitative estimate of drug-likeness (QED) is 0.425. The molecule has 3 aliphatic rings. The average Bonchev–Trinajstić information content (AvgIpc) is 3.24. The second-order valence-electron chi connectivity index (χ2n) is 10.6. The molecule has 0 spiro atoms. The van der Waals surface area contributed by atoms with Crippen molar-refractivity contribution in [3.05, 3.63) is 23.7 Å². The van der Waals surface area contributed by atoms with Gasteiger partial charge in [-0.1, -0.05) is 6.42 Å². The fraction of sp³-hybridized carbons (Fsp3) is 0.680. The van der Waals surface area contributed by atoms with Crippen LogP contribution in [0.15, 0.2) is 12.4 Å². The van der Waals surface area contributed by atoms with E-state index in [0.717, 1.165) is 44.0 Å². The van der Waals surface area contributed by atoms with Gasteiger partial charge in [0.05, 0.1) is 17.4 Å². The number of carbonyl (C=O) groups excluding carboxylic acids is 1. The Kier molecular flexibility index (Phi) is 7.28. The van der Waals surface area contributed by atoms with Crippen LogP contribution < -0.4 is 16.0 Å². The Morgan fingerprint density at radius 1 is 1.11 bits per heavy atom. The highest BCUT2D eigenvalue weighted by Gasteiger charge is 2.39. The monoisotopic (exact) mass is 520 g/mol. The Bertz CT molecular complexity index is 1100. The molecule has 2 aromatic rings. The van der Waals surface area contributed by atoms with E-state index in [4.69, 9.17) is 0 Å². The van der Waals surface area contributed by atoms with E-state index >= 15 is 0 Å². The maximum absolute atomic E-state index is 13.6. The van der Waals surface area contributed by atoms with Gasteiger partial charge in [0.15, 0.2) is 0 Å². The fourth-order valence-electron chi connectivity index (χ4n) is 5.62. The topological polar surface area (TPSA) is 100 Å². The predicted octanol–water partition coefficient (Wildman–Crippen LogP) is 4.26. The van der Waals surface area contributed by atoms with Gasteiger partial charge in [0.2, 0.25) is 11.9 Å². The number of hydrogen-bond acceptors (Lipinski definition) is 7. The molecule has 2 aromatic heterocycles. The number of amides is 1. The largest absolute Gasteiger partial charge is 0.421 e. The Labute approximate surface area is 214 Å². The second-order valence-corrected chi connectivity index (χ2v) is 10.6. The van der Waals surface area contributed by atoms with Crippen molar-refractivity contribution in [1.82, 2.24) is 30.0 Å². The highest BCUT2D eigenvalue weighted by atomic mass is 19.4. The van der Waals surface area contributed by atoms with Crippen LogP contribution in [0.25, 0.3) is 0 Å². The average molecular weight is 521 g/mol. The van der Waals surface area contributed by atoms with Gasteiger partial charge in [-0.2, -0.15) is 23.3 Å². The summed E-state index contributed by atoms with van der Waals surface area (Å²) in [5.41, 5.74) is 0.493. The summed E-state index contributed by atoms with van der Waals surface area (Å²) in [6.07, 6.45) is 5.99. The standard InChI is InChI=1S/C25H35F3N8O/c1-15-21(14-36(34-15)19-11-17-7-8-18(12-19)35(17)2)32-24-31-13-20(25(26,27)28)22(33-24)29-9-4-10-30-23(37)16-5-3-6-16/h13-14,16-19H,3-12H2,1-2H3,(H,30,37)(H2,29,31,32,33). The molecule has 0 aromatic carbocycles. The third kappa shape index (κ3) is 5.68. The lowest BCUT2D eigenvalue weighted by atomic mass is 9.85. The van der Waals surface area contributed by atoms with Crippen molar-refractivity contribution in [2.75, 3.05) is 30.8 Å². The number of hydrogen-bond donors (Lipinski definition) is 3. The van der Waals surface area contributed by atoms with Crippen LogP contribution in [-0.4, -0.2) is 62.8 Å². The van der Waals surface area contributed by atoms with Crippen LogP contribution in [0.2, 0.25) is 0 Å². The van der Waals surface area contributed by atoms with Crippen LogP contribution in [0.4, 0.5) is 30.6 Å². The summed E-state index contributed by atoms with van der Waals surface area (Å²) in [6, 6.07) is 1.45. The van der Waals surface area contributed by atoms with Crippen LogP contribution in [0.3, 0.4) is 0 Å². The smallest absolute Gasteiger partial charge is 0.369 e. The minimum Gasteiger partial charge on any atom is -0.369 e. The zero-order chi connectivity index (χ0) is 26.2. The molecule has 202 valence electrons. The van der Waals surface area contributed by atoms with Gasteiger partial charge in [-0.25, -0.2) is 4.98 Å². The molecule has 4 heterocycles. The van der Waals surface area contributed by atoms with E-state index in [0.29, 0.717) is 36.8 Å². The Morgan fingerprint density at radius 2 is 1.84 bits per heavy atom. The summed E-state index contributed by atoms with van der Waals surface area (Å²) in [7, 11) is 2.19. The zero-order valence-corrected chi connectivity index (χ0v) is 21.3. The number of carbonyl (C=O) groups is 1. The van der Waals surface area contributed by atoms with E-state index in [1.165, 1.54) is 12.8 Å². The van der Waals surface area contributed by atoms with Gasteiger partial charge >= 0.3 is 6.18 Å². The van der Waals surface area contributed by atoms with Crippen molar-refractivity contribution in [2.24, 2.45) is 5.92 Å². The van der Waals surface area contributed by atoms with Gasteiger partial charge in [0.1, 0.15) is 11.4 Å². The number of nitrogens with zero attached hydrogens (tertiary/aromatic N) is 5. The van der Waals surface area contributed by atoms with Crippen molar-refractivity contribution >= 4 is 23.4 Å². The summed E-state index contributed by atoms with van der Waals surface area (Å²) in [5.74, 6) is -0.102. The maximum atomic E-state index is 13.6. The number of rotatable bonds is 9. The summed E-state index contributed by atoms with van der Waals surface area (Å²) in [5, 5.41) is 13.4. The first-order chi connectivity index (χ1) is 17.7. The summed E-state index contributed by atoms with van der Waals surface area (Å²) >= 11 is 0. The molecule has 1 saturated carbocycles. The highest BCUT2D eigenvalue weighted by molar-refractivity contribution is 5.79. The SMILES string of the molecule is Cc1nn(C2CC3CCC(C2)N3C)cc1Nc1ncc(C(F)(F)F)c(NCCCNC(=O)C2CCC2)n1. The van der Waals surface area contributed by atoms with E-state index in [2.05, 4.69) is 43.0 Å². The van der Waals surface area contributed by atoms with Crippen molar-refractivity contribution in [3.63, 3.8) is 0 Å². The molecule has 2 unspecified atom stereocenters. The van der Waals surface area contributed by atoms with Crippen LogP contribution in [0, 0.1) is 12.8 Å².